The second-order valence-electron chi connectivity index (χ2n) is 7.76. The predicted octanol–water partition coefficient (Wildman–Crippen LogP) is 1.59. The van der Waals surface area contributed by atoms with Crippen LogP contribution in [0.2, 0.25) is 0 Å². The molecule has 1 saturated carbocycles. The average molecular weight is 362 g/mol. The van der Waals surface area contributed by atoms with E-state index in [-0.39, 0.29) is 36.0 Å². The van der Waals surface area contributed by atoms with E-state index in [9.17, 15) is 9.90 Å². The number of rotatable bonds is 16. The van der Waals surface area contributed by atoms with Crippen LogP contribution in [-0.4, -0.2) is 18.6 Å². The summed E-state index contributed by atoms with van der Waals surface area (Å²) in [7, 11) is 0. The first kappa shape index (κ1) is 25.4. The maximum Gasteiger partial charge on any atom is 1.00 e. The molecule has 0 spiro atoms. The normalized spacial score (nSPS) is 15.9. The van der Waals surface area contributed by atoms with E-state index >= 15 is 0 Å². The second-order valence-corrected chi connectivity index (χ2v) is 7.76. The van der Waals surface area contributed by atoms with Crippen molar-refractivity contribution in [2.75, 3.05) is 6.54 Å². The van der Waals surface area contributed by atoms with Crippen LogP contribution in [0.5, 0.6) is 0 Å². The Morgan fingerprint density at radius 2 is 1.56 bits per heavy atom. The van der Waals surface area contributed by atoms with Crippen LogP contribution in [0.25, 0.3) is 0 Å². The minimum Gasteiger partial charge on any atom is -0.550 e. The van der Waals surface area contributed by atoms with Gasteiger partial charge in [0.25, 0.3) is 0 Å². The maximum absolute atomic E-state index is 10.7. The van der Waals surface area contributed by atoms with E-state index in [2.05, 4.69) is 12.2 Å². The van der Waals surface area contributed by atoms with Crippen LogP contribution in [0.4, 0.5) is 0 Å². The molecule has 25 heavy (non-hydrogen) atoms. The van der Waals surface area contributed by atoms with Crippen molar-refractivity contribution in [1.29, 1.82) is 0 Å². The van der Waals surface area contributed by atoms with Gasteiger partial charge in [-0.1, -0.05) is 77.6 Å². The van der Waals surface area contributed by atoms with E-state index in [0.29, 0.717) is 5.92 Å². The van der Waals surface area contributed by atoms with Crippen LogP contribution in [0.3, 0.4) is 0 Å². The Kier molecular flexibility index (Phi) is 18.1. The van der Waals surface area contributed by atoms with Gasteiger partial charge >= 0.3 is 29.6 Å². The molecule has 1 unspecified atom stereocenters. The van der Waals surface area contributed by atoms with Gasteiger partial charge in [0.2, 0.25) is 0 Å². The molecular weight excluding hydrogens is 321 g/mol. The monoisotopic (exact) mass is 361 g/mol. The molecule has 0 heterocycles. The largest absolute Gasteiger partial charge is 1.00 e. The summed E-state index contributed by atoms with van der Waals surface area (Å²) in [6.07, 6.45) is 19.3. The van der Waals surface area contributed by atoms with Gasteiger partial charge in [-0.05, 0) is 44.6 Å². The van der Waals surface area contributed by atoms with E-state index in [1.165, 1.54) is 96.4 Å². The molecule has 0 aliphatic heterocycles. The van der Waals surface area contributed by atoms with Crippen molar-refractivity contribution >= 4 is 5.97 Å². The minimum absolute atomic E-state index is 0. The first-order chi connectivity index (χ1) is 11.7. The summed E-state index contributed by atoms with van der Waals surface area (Å²) in [5.41, 5.74) is 0. The van der Waals surface area contributed by atoms with E-state index in [1.807, 2.05) is 0 Å². The summed E-state index contributed by atoms with van der Waals surface area (Å²) in [6.45, 7) is 3.41. The molecule has 0 aromatic carbocycles. The molecule has 142 valence electrons. The number of hydrogen-bond donors (Lipinski definition) is 1. The van der Waals surface area contributed by atoms with Gasteiger partial charge in [0.05, 0.1) is 0 Å². The number of hydrogen-bond acceptors (Lipinski definition) is 3. The van der Waals surface area contributed by atoms with Crippen molar-refractivity contribution in [2.45, 2.75) is 116 Å². The SMILES string of the molecule is CCCCCCC(CCCCCCNC1CCCC1)CCC(=O)[O-].[Na+]. The Hall–Kier alpha value is 0.430. The summed E-state index contributed by atoms with van der Waals surface area (Å²) in [6, 6.07) is 0.794. The summed E-state index contributed by atoms with van der Waals surface area (Å²) < 4.78 is 0. The van der Waals surface area contributed by atoms with Crippen molar-refractivity contribution in [3.63, 3.8) is 0 Å². The predicted molar refractivity (Wildman–Crippen MR) is 99.8 cm³/mol. The third kappa shape index (κ3) is 15.2. The fourth-order valence-electron chi connectivity index (χ4n) is 3.96. The van der Waals surface area contributed by atoms with Crippen LogP contribution in [0, 0.1) is 5.92 Å². The number of carbonyl (C=O) groups excluding carboxylic acids is 1. The molecular formula is C21H40NNaO2. The molecule has 0 bridgehead atoms. The number of carboxylic acids is 1. The number of unbranched alkanes of at least 4 members (excludes halogenated alkanes) is 6. The van der Waals surface area contributed by atoms with Crippen molar-refractivity contribution in [2.24, 2.45) is 5.92 Å². The summed E-state index contributed by atoms with van der Waals surface area (Å²) >= 11 is 0. The van der Waals surface area contributed by atoms with E-state index < -0.39 is 5.97 Å². The molecule has 0 amide bonds. The van der Waals surface area contributed by atoms with E-state index in [0.717, 1.165) is 12.5 Å². The van der Waals surface area contributed by atoms with Gasteiger partial charge in [-0.15, -0.1) is 0 Å². The zero-order valence-electron chi connectivity index (χ0n) is 17.0. The Morgan fingerprint density at radius 1 is 0.960 bits per heavy atom. The maximum atomic E-state index is 10.7. The molecule has 4 heteroatoms. The quantitative estimate of drug-likeness (QED) is 0.335. The Morgan fingerprint density at radius 3 is 2.16 bits per heavy atom. The smallest absolute Gasteiger partial charge is 0.550 e. The third-order valence-corrected chi connectivity index (χ3v) is 5.55. The van der Waals surface area contributed by atoms with Crippen LogP contribution in [0.15, 0.2) is 0 Å². The zero-order chi connectivity index (χ0) is 17.5. The molecule has 1 N–H and O–H groups in total. The molecule has 0 aromatic heterocycles. The minimum atomic E-state index is -0.883. The van der Waals surface area contributed by atoms with Gasteiger partial charge in [0, 0.05) is 12.0 Å². The van der Waals surface area contributed by atoms with Crippen molar-refractivity contribution in [3.8, 4) is 0 Å². The van der Waals surface area contributed by atoms with E-state index in [1.54, 1.807) is 0 Å². The Balaban J connectivity index is 0.00000576. The van der Waals surface area contributed by atoms with Gasteiger partial charge in [-0.3, -0.25) is 0 Å². The number of nitrogens with one attached hydrogen (secondary N) is 1. The topological polar surface area (TPSA) is 52.2 Å². The first-order valence-electron chi connectivity index (χ1n) is 10.7. The summed E-state index contributed by atoms with van der Waals surface area (Å²) in [5, 5.41) is 14.4. The van der Waals surface area contributed by atoms with Crippen molar-refractivity contribution < 1.29 is 39.5 Å². The molecule has 1 aliphatic rings. The van der Waals surface area contributed by atoms with Gasteiger partial charge in [0.15, 0.2) is 0 Å². The molecule has 1 aliphatic carbocycles. The number of aliphatic carboxylic acids is 1. The van der Waals surface area contributed by atoms with Crippen LogP contribution >= 0.6 is 0 Å². The average Bonchev–Trinajstić information content (AvgIpc) is 3.08. The van der Waals surface area contributed by atoms with Crippen LogP contribution < -0.4 is 40.0 Å². The summed E-state index contributed by atoms with van der Waals surface area (Å²) in [5.74, 6) is -0.289. The fourth-order valence-corrected chi connectivity index (χ4v) is 3.96. The Bertz CT molecular complexity index is 306. The summed E-state index contributed by atoms with van der Waals surface area (Å²) in [4.78, 5) is 10.7. The fraction of sp³-hybridized carbons (Fsp3) is 0.952. The van der Waals surface area contributed by atoms with Gasteiger partial charge in [-0.25, -0.2) is 0 Å². The van der Waals surface area contributed by atoms with Gasteiger partial charge in [-0.2, -0.15) is 0 Å². The van der Waals surface area contributed by atoms with Gasteiger partial charge in [0.1, 0.15) is 0 Å². The molecule has 1 rings (SSSR count). The molecule has 1 fully saturated rings. The molecule has 0 aromatic rings. The van der Waals surface area contributed by atoms with Crippen molar-refractivity contribution in [1.82, 2.24) is 5.32 Å². The van der Waals surface area contributed by atoms with Crippen molar-refractivity contribution in [3.05, 3.63) is 0 Å². The molecule has 0 radical (unpaired) electrons. The standard InChI is InChI=1S/C21H41NO2.Na/c1-2-3-4-7-12-19(16-17-21(23)24)13-8-5-6-11-18-22-20-14-9-10-15-20;/h19-20,22H,2-18H2,1H3,(H,23,24);/q;+1/p-1. The Labute approximate surface area is 178 Å². The van der Waals surface area contributed by atoms with Gasteiger partial charge < -0.3 is 15.2 Å². The molecule has 3 nitrogen and oxygen atoms in total. The van der Waals surface area contributed by atoms with E-state index in [4.69, 9.17) is 0 Å². The number of carbonyl (C=O) groups is 1. The first-order valence-corrected chi connectivity index (χ1v) is 10.7. The third-order valence-electron chi connectivity index (χ3n) is 5.55. The second kappa shape index (κ2) is 17.8. The molecule has 0 saturated heterocycles. The molecule has 1 atom stereocenters. The van der Waals surface area contributed by atoms with Crippen LogP contribution in [-0.2, 0) is 4.79 Å². The zero-order valence-corrected chi connectivity index (χ0v) is 19.0. The van der Waals surface area contributed by atoms with Crippen LogP contribution in [0.1, 0.15) is 110 Å². The number of carboxylic acid groups (broad SMARTS) is 1.